The molecule has 4 nitrogen and oxygen atoms in total. The number of hydrogen-bond acceptors (Lipinski definition) is 4. The Morgan fingerprint density at radius 1 is 1.78 bits per heavy atom. The SMILES string of the molecule is CNCc1nc(Br)no1. The summed E-state index contributed by atoms with van der Waals surface area (Å²) in [6, 6.07) is 0. The highest BCUT2D eigenvalue weighted by Crippen LogP contribution is 2.02. The van der Waals surface area contributed by atoms with Crippen molar-refractivity contribution in [2.45, 2.75) is 6.54 Å². The summed E-state index contributed by atoms with van der Waals surface area (Å²) in [6.45, 7) is 0.610. The van der Waals surface area contributed by atoms with Gasteiger partial charge in [-0.1, -0.05) is 0 Å². The molecule has 1 aromatic heterocycles. The summed E-state index contributed by atoms with van der Waals surface area (Å²) in [4.78, 5) is 3.88. The van der Waals surface area contributed by atoms with E-state index < -0.39 is 0 Å². The second kappa shape index (κ2) is 2.93. The topological polar surface area (TPSA) is 51.0 Å². The van der Waals surface area contributed by atoms with Crippen molar-refractivity contribution in [3.8, 4) is 0 Å². The monoisotopic (exact) mass is 191 g/mol. The van der Waals surface area contributed by atoms with E-state index in [2.05, 4.69) is 31.4 Å². The van der Waals surface area contributed by atoms with Gasteiger partial charge in [0.25, 0.3) is 0 Å². The Morgan fingerprint density at radius 3 is 3.00 bits per heavy atom. The third kappa shape index (κ3) is 1.76. The Kier molecular flexibility index (Phi) is 2.18. The van der Waals surface area contributed by atoms with Crippen LogP contribution in [0, 0.1) is 0 Å². The van der Waals surface area contributed by atoms with Gasteiger partial charge in [0.2, 0.25) is 10.6 Å². The van der Waals surface area contributed by atoms with Crippen LogP contribution in [0.25, 0.3) is 0 Å². The van der Waals surface area contributed by atoms with Crippen molar-refractivity contribution in [2.75, 3.05) is 7.05 Å². The van der Waals surface area contributed by atoms with Crippen LogP contribution in [0.5, 0.6) is 0 Å². The minimum atomic E-state index is 0.493. The highest BCUT2D eigenvalue weighted by Gasteiger charge is 1.99. The smallest absolute Gasteiger partial charge is 0.241 e. The van der Waals surface area contributed by atoms with Gasteiger partial charge in [0.1, 0.15) is 0 Å². The van der Waals surface area contributed by atoms with Gasteiger partial charge in [-0.15, -0.1) is 0 Å². The maximum absolute atomic E-state index is 4.73. The van der Waals surface area contributed by atoms with E-state index in [1.165, 1.54) is 0 Å². The molecule has 0 atom stereocenters. The quantitative estimate of drug-likeness (QED) is 0.743. The molecule has 0 bridgehead atoms. The number of hydrogen-bond donors (Lipinski definition) is 1. The summed E-state index contributed by atoms with van der Waals surface area (Å²) in [7, 11) is 1.82. The molecule has 0 saturated heterocycles. The number of nitrogens with zero attached hydrogens (tertiary/aromatic N) is 2. The van der Waals surface area contributed by atoms with Crippen LogP contribution in [0.1, 0.15) is 5.89 Å². The molecule has 0 aliphatic heterocycles. The molecule has 0 fully saturated rings. The van der Waals surface area contributed by atoms with Crippen molar-refractivity contribution in [3.63, 3.8) is 0 Å². The van der Waals surface area contributed by atoms with Crippen LogP contribution in [-0.2, 0) is 6.54 Å². The molecule has 0 spiro atoms. The summed E-state index contributed by atoms with van der Waals surface area (Å²) in [6.07, 6.45) is 0. The fraction of sp³-hybridized carbons (Fsp3) is 0.500. The molecule has 0 aliphatic carbocycles. The zero-order valence-corrected chi connectivity index (χ0v) is 6.47. The van der Waals surface area contributed by atoms with E-state index in [0.717, 1.165) is 0 Å². The van der Waals surface area contributed by atoms with Gasteiger partial charge in [-0.05, 0) is 28.1 Å². The molecule has 0 aliphatic rings. The molecule has 0 radical (unpaired) electrons. The Bertz CT molecular complexity index is 188. The predicted molar refractivity (Wildman–Crippen MR) is 34.8 cm³/mol. The van der Waals surface area contributed by atoms with Gasteiger partial charge in [0.15, 0.2) is 0 Å². The molecular weight excluding hydrogens is 186 g/mol. The van der Waals surface area contributed by atoms with Crippen LogP contribution < -0.4 is 5.32 Å². The number of aromatic nitrogens is 2. The van der Waals surface area contributed by atoms with Gasteiger partial charge in [-0.2, -0.15) is 4.98 Å². The first-order valence-corrected chi connectivity index (χ1v) is 3.25. The zero-order valence-electron chi connectivity index (χ0n) is 4.89. The summed E-state index contributed by atoms with van der Waals surface area (Å²) < 4.78 is 5.23. The maximum Gasteiger partial charge on any atom is 0.241 e. The second-order valence-corrected chi connectivity index (χ2v) is 2.20. The number of halogens is 1. The van der Waals surface area contributed by atoms with Gasteiger partial charge in [0, 0.05) is 0 Å². The molecule has 0 saturated carbocycles. The molecule has 1 rings (SSSR count). The standard InChI is InChI=1S/C4H6BrN3O/c1-6-2-3-7-4(5)8-9-3/h6H,2H2,1H3. The molecule has 5 heteroatoms. The first kappa shape index (κ1) is 6.70. The molecule has 0 unspecified atom stereocenters. The Morgan fingerprint density at radius 2 is 2.56 bits per heavy atom. The van der Waals surface area contributed by atoms with E-state index >= 15 is 0 Å². The van der Waals surface area contributed by atoms with Crippen molar-refractivity contribution < 1.29 is 4.52 Å². The summed E-state index contributed by atoms with van der Waals surface area (Å²) in [5.74, 6) is 0.587. The van der Waals surface area contributed by atoms with Crippen LogP contribution in [0.2, 0.25) is 0 Å². The number of rotatable bonds is 2. The summed E-state index contributed by atoms with van der Waals surface area (Å²) in [5.41, 5.74) is 0. The van der Waals surface area contributed by atoms with Gasteiger partial charge >= 0.3 is 0 Å². The van der Waals surface area contributed by atoms with Crippen molar-refractivity contribution >= 4 is 15.9 Å². The Balaban J connectivity index is 2.61. The average molecular weight is 192 g/mol. The van der Waals surface area contributed by atoms with Gasteiger partial charge in [-0.25, -0.2) is 0 Å². The maximum atomic E-state index is 4.73. The second-order valence-electron chi connectivity index (χ2n) is 1.49. The first-order chi connectivity index (χ1) is 4.33. The molecule has 0 amide bonds. The lowest BCUT2D eigenvalue weighted by atomic mass is 10.6. The van der Waals surface area contributed by atoms with Crippen molar-refractivity contribution in [2.24, 2.45) is 0 Å². The number of nitrogens with one attached hydrogen (secondary N) is 1. The molecule has 1 aromatic rings. The van der Waals surface area contributed by atoms with Crippen molar-refractivity contribution in [1.29, 1.82) is 0 Å². The predicted octanol–water partition coefficient (Wildman–Crippen LogP) is 0.551. The molecule has 1 heterocycles. The zero-order chi connectivity index (χ0) is 6.69. The van der Waals surface area contributed by atoms with Crippen LogP contribution >= 0.6 is 15.9 Å². The third-order valence-corrected chi connectivity index (χ3v) is 1.09. The lowest BCUT2D eigenvalue weighted by Crippen LogP contribution is -2.04. The first-order valence-electron chi connectivity index (χ1n) is 2.45. The van der Waals surface area contributed by atoms with Crippen LogP contribution in [0.4, 0.5) is 0 Å². The van der Waals surface area contributed by atoms with Crippen LogP contribution in [0.15, 0.2) is 9.26 Å². The van der Waals surface area contributed by atoms with E-state index in [9.17, 15) is 0 Å². The largest absolute Gasteiger partial charge is 0.337 e. The minimum Gasteiger partial charge on any atom is -0.337 e. The van der Waals surface area contributed by atoms with Crippen LogP contribution in [0.3, 0.4) is 0 Å². The Labute approximate surface area is 60.8 Å². The third-order valence-electron chi connectivity index (χ3n) is 0.771. The van der Waals surface area contributed by atoms with Crippen LogP contribution in [-0.4, -0.2) is 17.2 Å². The fourth-order valence-corrected chi connectivity index (χ4v) is 0.727. The van der Waals surface area contributed by atoms with E-state index in [4.69, 9.17) is 4.52 Å². The fourth-order valence-electron chi connectivity index (χ4n) is 0.457. The lowest BCUT2D eigenvalue weighted by molar-refractivity contribution is 0.369. The van der Waals surface area contributed by atoms with Gasteiger partial charge < -0.3 is 9.84 Å². The summed E-state index contributed by atoms with van der Waals surface area (Å²) in [5, 5.41) is 6.41. The van der Waals surface area contributed by atoms with Gasteiger partial charge in [0.05, 0.1) is 6.54 Å². The highest BCUT2D eigenvalue weighted by molar-refractivity contribution is 9.10. The van der Waals surface area contributed by atoms with Crippen molar-refractivity contribution in [1.82, 2.24) is 15.5 Å². The van der Waals surface area contributed by atoms with E-state index in [-0.39, 0.29) is 0 Å². The van der Waals surface area contributed by atoms with Crippen molar-refractivity contribution in [3.05, 3.63) is 10.6 Å². The Hall–Kier alpha value is -0.420. The normalized spacial score (nSPS) is 10.0. The van der Waals surface area contributed by atoms with E-state index in [1.54, 1.807) is 0 Å². The molecule has 9 heavy (non-hydrogen) atoms. The van der Waals surface area contributed by atoms with Gasteiger partial charge in [-0.3, -0.25) is 0 Å². The summed E-state index contributed by atoms with van der Waals surface area (Å²) >= 11 is 3.06. The molecular formula is C4H6BrN3O. The minimum absolute atomic E-state index is 0.493. The lowest BCUT2D eigenvalue weighted by Gasteiger charge is -1.85. The highest BCUT2D eigenvalue weighted by atomic mass is 79.9. The van der Waals surface area contributed by atoms with E-state index in [1.807, 2.05) is 7.05 Å². The average Bonchev–Trinajstić information content (AvgIpc) is 2.17. The molecule has 0 aromatic carbocycles. The molecule has 1 N–H and O–H groups in total. The van der Waals surface area contributed by atoms with E-state index in [0.29, 0.717) is 17.2 Å². The molecule has 50 valence electrons.